The molecule has 0 saturated heterocycles. The topological polar surface area (TPSA) is 29.5 Å². The van der Waals surface area contributed by atoms with E-state index in [0.717, 1.165) is 5.56 Å². The quantitative estimate of drug-likeness (QED) is 0.676. The summed E-state index contributed by atoms with van der Waals surface area (Å²) in [6, 6.07) is 17.4. The molecule has 2 nitrogen and oxygen atoms in total. The summed E-state index contributed by atoms with van der Waals surface area (Å²) in [5.41, 5.74) is 2.06. The van der Waals surface area contributed by atoms with Crippen molar-refractivity contribution in [3.8, 4) is 0 Å². The van der Waals surface area contributed by atoms with E-state index in [9.17, 15) is 5.11 Å². The molecule has 0 aliphatic carbocycles. The summed E-state index contributed by atoms with van der Waals surface area (Å²) in [6.07, 6.45) is 4.19. The van der Waals surface area contributed by atoms with Gasteiger partial charge in [-0.25, -0.2) is 0 Å². The average molecular weight is 331 g/mol. The van der Waals surface area contributed by atoms with Crippen molar-refractivity contribution in [3.63, 3.8) is 0 Å². The summed E-state index contributed by atoms with van der Waals surface area (Å²) in [4.78, 5) is 0. The van der Waals surface area contributed by atoms with Crippen molar-refractivity contribution in [1.29, 1.82) is 0 Å². The van der Waals surface area contributed by atoms with E-state index in [1.165, 1.54) is 5.56 Å². The van der Waals surface area contributed by atoms with Crippen molar-refractivity contribution in [3.05, 3.63) is 82.9 Å². The fourth-order valence-corrected chi connectivity index (χ4v) is 2.38. The van der Waals surface area contributed by atoms with Crippen LogP contribution in [-0.2, 0) is 11.3 Å². The summed E-state index contributed by atoms with van der Waals surface area (Å²) in [7, 11) is 0. The first-order valence-electron chi connectivity index (χ1n) is 7.87. The Hall–Kier alpha value is -1.61. The fourth-order valence-electron chi connectivity index (χ4n) is 2.25. The molecule has 0 aromatic heterocycles. The smallest absolute Gasteiger partial charge is 0.0824 e. The van der Waals surface area contributed by atoms with E-state index in [1.54, 1.807) is 12.1 Å². The maximum Gasteiger partial charge on any atom is 0.0824 e. The van der Waals surface area contributed by atoms with Crippen LogP contribution in [0.15, 0.2) is 66.7 Å². The van der Waals surface area contributed by atoms with Crippen LogP contribution in [0.5, 0.6) is 0 Å². The van der Waals surface area contributed by atoms with E-state index in [4.69, 9.17) is 16.3 Å². The molecule has 0 heterocycles. The number of benzene rings is 2. The van der Waals surface area contributed by atoms with Gasteiger partial charge in [0.05, 0.1) is 19.3 Å². The molecular formula is C20H23ClO2. The molecule has 1 N–H and O–H groups in total. The Morgan fingerprint density at radius 1 is 1.09 bits per heavy atom. The van der Waals surface area contributed by atoms with E-state index in [2.05, 4.69) is 25.1 Å². The second-order valence-electron chi connectivity index (χ2n) is 5.71. The van der Waals surface area contributed by atoms with Crippen LogP contribution in [0.3, 0.4) is 0 Å². The zero-order valence-electron chi connectivity index (χ0n) is 13.4. The van der Waals surface area contributed by atoms with Crippen LogP contribution in [-0.4, -0.2) is 11.7 Å². The highest BCUT2D eigenvalue weighted by Gasteiger charge is 2.05. The number of aliphatic hydroxyl groups is 1. The van der Waals surface area contributed by atoms with Gasteiger partial charge < -0.3 is 9.84 Å². The zero-order valence-corrected chi connectivity index (χ0v) is 14.1. The largest absolute Gasteiger partial charge is 0.388 e. The third kappa shape index (κ3) is 6.57. The highest BCUT2D eigenvalue weighted by Crippen LogP contribution is 2.19. The maximum absolute atomic E-state index is 10.1. The Kier molecular flexibility index (Phi) is 7.34. The molecule has 2 atom stereocenters. The number of hydrogen-bond donors (Lipinski definition) is 1. The minimum atomic E-state index is -0.499. The Bertz CT molecular complexity index is 593. The van der Waals surface area contributed by atoms with Crippen LogP contribution in [0.1, 0.15) is 30.6 Å². The molecule has 23 heavy (non-hydrogen) atoms. The number of hydrogen-bond acceptors (Lipinski definition) is 2. The first kappa shape index (κ1) is 17.7. The van der Waals surface area contributed by atoms with Gasteiger partial charge in [0.1, 0.15) is 0 Å². The van der Waals surface area contributed by atoms with Gasteiger partial charge in [0, 0.05) is 5.02 Å². The van der Waals surface area contributed by atoms with Crippen LogP contribution in [0, 0.1) is 5.92 Å². The Balaban J connectivity index is 1.69. The summed E-state index contributed by atoms with van der Waals surface area (Å²) in [5, 5.41) is 10.8. The first-order valence-corrected chi connectivity index (χ1v) is 8.25. The van der Waals surface area contributed by atoms with Crippen molar-refractivity contribution in [1.82, 2.24) is 0 Å². The molecule has 3 heteroatoms. The lowest BCUT2D eigenvalue weighted by molar-refractivity contribution is 0.104. The lowest BCUT2D eigenvalue weighted by Gasteiger charge is -2.10. The number of rotatable bonds is 8. The van der Waals surface area contributed by atoms with Crippen molar-refractivity contribution in [2.75, 3.05) is 6.61 Å². The summed E-state index contributed by atoms with van der Waals surface area (Å²) in [5.74, 6) is 0.316. The SMILES string of the molecule is C[C@H](/C=C\C[C@H](O)c1ccc(Cl)cc1)COCc1ccccc1. The molecular weight excluding hydrogens is 308 g/mol. The Morgan fingerprint density at radius 2 is 1.78 bits per heavy atom. The monoisotopic (exact) mass is 330 g/mol. The second-order valence-corrected chi connectivity index (χ2v) is 6.15. The van der Waals surface area contributed by atoms with E-state index in [-0.39, 0.29) is 0 Å². The van der Waals surface area contributed by atoms with Crippen LogP contribution in [0.4, 0.5) is 0 Å². The van der Waals surface area contributed by atoms with Gasteiger partial charge in [-0.15, -0.1) is 0 Å². The van der Waals surface area contributed by atoms with Gasteiger partial charge in [-0.2, -0.15) is 0 Å². The van der Waals surface area contributed by atoms with Gasteiger partial charge in [-0.3, -0.25) is 0 Å². The standard InChI is InChI=1S/C20H23ClO2/c1-16(14-23-15-17-7-3-2-4-8-17)6-5-9-20(22)18-10-12-19(21)13-11-18/h2-8,10-13,16,20,22H,9,14-15H2,1H3/b6-5-/t16-,20+/m1/s1. The van der Waals surface area contributed by atoms with Crippen LogP contribution < -0.4 is 0 Å². The van der Waals surface area contributed by atoms with Crippen molar-refractivity contribution in [2.45, 2.75) is 26.1 Å². The third-order valence-corrected chi connectivity index (χ3v) is 3.82. The molecule has 0 radical (unpaired) electrons. The second kappa shape index (κ2) is 9.51. The van der Waals surface area contributed by atoms with Crippen LogP contribution in [0.25, 0.3) is 0 Å². The highest BCUT2D eigenvalue weighted by atomic mass is 35.5. The minimum Gasteiger partial charge on any atom is -0.388 e. The van der Waals surface area contributed by atoms with Gasteiger partial charge in [0.25, 0.3) is 0 Å². The Morgan fingerprint density at radius 3 is 2.48 bits per heavy atom. The van der Waals surface area contributed by atoms with Crippen molar-refractivity contribution >= 4 is 11.6 Å². The molecule has 0 aliphatic heterocycles. The number of aliphatic hydroxyl groups excluding tert-OH is 1. The number of ether oxygens (including phenoxy) is 1. The Labute approximate surface area is 143 Å². The van der Waals surface area contributed by atoms with Gasteiger partial charge in [0.2, 0.25) is 0 Å². The first-order chi connectivity index (χ1) is 11.1. The average Bonchev–Trinajstić information content (AvgIpc) is 2.56. The van der Waals surface area contributed by atoms with E-state index in [1.807, 2.05) is 36.4 Å². The summed E-state index contributed by atoms with van der Waals surface area (Å²) < 4.78 is 5.71. The molecule has 0 unspecified atom stereocenters. The molecule has 0 aliphatic rings. The third-order valence-electron chi connectivity index (χ3n) is 3.57. The maximum atomic E-state index is 10.1. The molecule has 0 bridgehead atoms. The summed E-state index contributed by atoms with van der Waals surface area (Å²) in [6.45, 7) is 3.41. The van der Waals surface area contributed by atoms with Gasteiger partial charge in [-0.1, -0.05) is 73.1 Å². The minimum absolute atomic E-state index is 0.316. The van der Waals surface area contributed by atoms with Gasteiger partial charge in [0.15, 0.2) is 0 Å². The van der Waals surface area contributed by atoms with Crippen LogP contribution >= 0.6 is 11.6 Å². The molecule has 0 amide bonds. The predicted octanol–water partition coefficient (Wildman–Crippen LogP) is 5.17. The van der Waals surface area contributed by atoms with Gasteiger partial charge in [-0.05, 0) is 35.6 Å². The highest BCUT2D eigenvalue weighted by molar-refractivity contribution is 6.30. The predicted molar refractivity (Wildman–Crippen MR) is 95.4 cm³/mol. The lowest BCUT2D eigenvalue weighted by atomic mass is 10.1. The van der Waals surface area contributed by atoms with Gasteiger partial charge >= 0.3 is 0 Å². The molecule has 2 aromatic carbocycles. The van der Waals surface area contributed by atoms with Crippen LogP contribution in [0.2, 0.25) is 5.02 Å². The molecule has 0 saturated carbocycles. The summed E-state index contributed by atoms with van der Waals surface area (Å²) >= 11 is 5.85. The molecule has 0 spiro atoms. The van der Waals surface area contributed by atoms with Crippen molar-refractivity contribution in [2.24, 2.45) is 5.92 Å². The van der Waals surface area contributed by atoms with Crippen molar-refractivity contribution < 1.29 is 9.84 Å². The lowest BCUT2D eigenvalue weighted by Crippen LogP contribution is -2.03. The molecule has 122 valence electrons. The molecule has 2 aromatic rings. The number of halogens is 1. The van der Waals surface area contributed by atoms with E-state index < -0.39 is 6.10 Å². The molecule has 2 rings (SSSR count). The fraction of sp³-hybridized carbons (Fsp3) is 0.300. The normalized spacial score (nSPS) is 14.0. The van der Waals surface area contributed by atoms with E-state index >= 15 is 0 Å². The zero-order chi connectivity index (χ0) is 16.5. The molecule has 0 fully saturated rings. The van der Waals surface area contributed by atoms with E-state index in [0.29, 0.717) is 30.6 Å².